The van der Waals surface area contributed by atoms with Crippen molar-refractivity contribution < 1.29 is 18.7 Å². The molecule has 2 aromatic carbocycles. The number of hydrogen-bond acceptors (Lipinski definition) is 3. The second kappa shape index (κ2) is 10.0. The topological polar surface area (TPSA) is 58.6 Å². The summed E-state index contributed by atoms with van der Waals surface area (Å²) < 4.78 is 19.1. The van der Waals surface area contributed by atoms with Crippen LogP contribution in [-0.4, -0.2) is 36.4 Å². The maximum Gasteiger partial charge on any atom is 0.261 e. The standard InChI is InChI=1S/C23H29FN2O3/c1-6-20(23(28)25-5)26(13-18-7-9-19(24)10-8-18)22(27)14-29-21-12-15(2)11-16(3)17(21)4/h7-12,20H,6,13-14H2,1-5H3,(H,25,28)/t20-/m1/s1. The van der Waals surface area contributed by atoms with Crippen molar-refractivity contribution in [1.82, 2.24) is 10.2 Å². The lowest BCUT2D eigenvalue weighted by Crippen LogP contribution is -2.49. The van der Waals surface area contributed by atoms with Crippen LogP contribution in [0.3, 0.4) is 0 Å². The molecule has 0 spiro atoms. The van der Waals surface area contributed by atoms with Gasteiger partial charge in [0.05, 0.1) is 0 Å². The molecule has 2 amide bonds. The van der Waals surface area contributed by atoms with Gasteiger partial charge in [0.25, 0.3) is 5.91 Å². The Labute approximate surface area is 171 Å². The number of halogens is 1. The number of benzene rings is 2. The number of ether oxygens (including phenoxy) is 1. The first kappa shape index (κ1) is 22.4. The molecule has 29 heavy (non-hydrogen) atoms. The Morgan fingerprint density at radius 2 is 1.79 bits per heavy atom. The monoisotopic (exact) mass is 400 g/mol. The summed E-state index contributed by atoms with van der Waals surface area (Å²) >= 11 is 0. The molecular weight excluding hydrogens is 371 g/mol. The van der Waals surface area contributed by atoms with E-state index in [0.717, 1.165) is 22.3 Å². The normalized spacial score (nSPS) is 11.7. The highest BCUT2D eigenvalue weighted by atomic mass is 19.1. The van der Waals surface area contributed by atoms with Crippen LogP contribution in [0.5, 0.6) is 5.75 Å². The van der Waals surface area contributed by atoms with Crippen LogP contribution in [0.4, 0.5) is 4.39 Å². The molecule has 0 heterocycles. The average molecular weight is 400 g/mol. The number of amides is 2. The van der Waals surface area contributed by atoms with Gasteiger partial charge in [0.2, 0.25) is 5.91 Å². The number of aryl methyl sites for hydroxylation is 2. The fraction of sp³-hybridized carbons (Fsp3) is 0.391. The second-order valence-corrected chi connectivity index (χ2v) is 7.18. The van der Waals surface area contributed by atoms with Gasteiger partial charge in [0.15, 0.2) is 6.61 Å². The Morgan fingerprint density at radius 3 is 2.38 bits per heavy atom. The molecule has 5 nitrogen and oxygen atoms in total. The molecule has 0 unspecified atom stereocenters. The minimum absolute atomic E-state index is 0.182. The Kier molecular flexibility index (Phi) is 7.76. The van der Waals surface area contributed by atoms with Crippen molar-refractivity contribution in [3.8, 4) is 5.75 Å². The molecule has 0 bridgehead atoms. The largest absolute Gasteiger partial charge is 0.483 e. The molecule has 1 atom stereocenters. The Hall–Kier alpha value is -2.89. The van der Waals surface area contributed by atoms with Crippen molar-refractivity contribution in [3.05, 3.63) is 64.5 Å². The average Bonchev–Trinajstić information content (AvgIpc) is 2.70. The van der Waals surface area contributed by atoms with Crippen LogP contribution in [-0.2, 0) is 16.1 Å². The number of nitrogens with zero attached hydrogens (tertiary/aromatic N) is 1. The lowest BCUT2D eigenvalue weighted by Gasteiger charge is -2.30. The van der Waals surface area contributed by atoms with E-state index >= 15 is 0 Å². The van der Waals surface area contributed by atoms with Gasteiger partial charge >= 0.3 is 0 Å². The lowest BCUT2D eigenvalue weighted by molar-refractivity contribution is -0.142. The molecule has 0 fully saturated rings. The number of carbonyl (C=O) groups is 2. The van der Waals surface area contributed by atoms with E-state index in [4.69, 9.17) is 4.74 Å². The summed E-state index contributed by atoms with van der Waals surface area (Å²) in [6, 6.07) is 9.23. The first-order valence-corrected chi connectivity index (χ1v) is 9.73. The number of hydrogen-bond donors (Lipinski definition) is 1. The van der Waals surface area contributed by atoms with Crippen LogP contribution in [0, 0.1) is 26.6 Å². The van der Waals surface area contributed by atoms with Crippen molar-refractivity contribution in [2.24, 2.45) is 0 Å². The first-order chi connectivity index (χ1) is 13.8. The van der Waals surface area contributed by atoms with Crippen LogP contribution in [0.1, 0.15) is 35.6 Å². The molecule has 0 aliphatic heterocycles. The van der Waals surface area contributed by atoms with E-state index in [0.29, 0.717) is 12.2 Å². The predicted molar refractivity (Wildman–Crippen MR) is 111 cm³/mol. The summed E-state index contributed by atoms with van der Waals surface area (Å²) in [4.78, 5) is 26.9. The first-order valence-electron chi connectivity index (χ1n) is 9.73. The van der Waals surface area contributed by atoms with E-state index in [9.17, 15) is 14.0 Å². The Morgan fingerprint density at radius 1 is 1.14 bits per heavy atom. The zero-order chi connectivity index (χ0) is 21.6. The summed E-state index contributed by atoms with van der Waals surface area (Å²) in [5.74, 6) is -0.238. The van der Waals surface area contributed by atoms with Gasteiger partial charge in [0, 0.05) is 13.6 Å². The number of carbonyl (C=O) groups excluding carboxylic acids is 2. The SMILES string of the molecule is CC[C@H](C(=O)NC)N(Cc1ccc(F)cc1)C(=O)COc1cc(C)cc(C)c1C. The fourth-order valence-electron chi connectivity index (χ4n) is 3.25. The lowest BCUT2D eigenvalue weighted by atomic mass is 10.1. The number of rotatable bonds is 8. The second-order valence-electron chi connectivity index (χ2n) is 7.18. The van der Waals surface area contributed by atoms with E-state index in [1.54, 1.807) is 19.2 Å². The zero-order valence-electron chi connectivity index (χ0n) is 17.7. The van der Waals surface area contributed by atoms with Gasteiger partial charge in [0.1, 0.15) is 17.6 Å². The third-order valence-electron chi connectivity index (χ3n) is 5.01. The highest BCUT2D eigenvalue weighted by Gasteiger charge is 2.28. The van der Waals surface area contributed by atoms with Crippen molar-refractivity contribution in [2.75, 3.05) is 13.7 Å². The third kappa shape index (κ3) is 5.79. The molecule has 0 aliphatic carbocycles. The van der Waals surface area contributed by atoms with Gasteiger partial charge < -0.3 is 15.0 Å². The van der Waals surface area contributed by atoms with Crippen molar-refractivity contribution in [3.63, 3.8) is 0 Å². The molecule has 2 aromatic rings. The molecule has 0 radical (unpaired) electrons. The van der Waals surface area contributed by atoms with Gasteiger partial charge in [-0.05, 0) is 67.6 Å². The van der Waals surface area contributed by atoms with Gasteiger partial charge in [-0.3, -0.25) is 9.59 Å². The van der Waals surface area contributed by atoms with E-state index in [1.165, 1.54) is 17.0 Å². The van der Waals surface area contributed by atoms with Crippen molar-refractivity contribution in [2.45, 2.75) is 46.7 Å². The predicted octanol–water partition coefficient (Wildman–Crippen LogP) is 3.68. The van der Waals surface area contributed by atoms with Gasteiger partial charge in [-0.2, -0.15) is 0 Å². The third-order valence-corrected chi connectivity index (χ3v) is 5.01. The highest BCUT2D eigenvalue weighted by molar-refractivity contribution is 5.88. The summed E-state index contributed by atoms with van der Waals surface area (Å²) in [5.41, 5.74) is 3.86. The van der Waals surface area contributed by atoms with Gasteiger partial charge in [-0.15, -0.1) is 0 Å². The summed E-state index contributed by atoms with van der Waals surface area (Å²) in [5, 5.41) is 2.61. The molecule has 0 saturated heterocycles. The van der Waals surface area contributed by atoms with Crippen LogP contribution >= 0.6 is 0 Å². The number of likely N-dealkylation sites (N-methyl/N-ethyl adjacent to an activating group) is 1. The smallest absolute Gasteiger partial charge is 0.261 e. The van der Waals surface area contributed by atoms with Crippen molar-refractivity contribution in [1.29, 1.82) is 0 Å². The minimum atomic E-state index is -0.638. The molecule has 6 heteroatoms. The highest BCUT2D eigenvalue weighted by Crippen LogP contribution is 2.23. The zero-order valence-corrected chi connectivity index (χ0v) is 17.7. The van der Waals surface area contributed by atoms with E-state index in [-0.39, 0.29) is 30.8 Å². The summed E-state index contributed by atoms with van der Waals surface area (Å²) in [7, 11) is 1.54. The van der Waals surface area contributed by atoms with Gasteiger partial charge in [-0.1, -0.05) is 25.1 Å². The quantitative estimate of drug-likeness (QED) is 0.735. The summed E-state index contributed by atoms with van der Waals surface area (Å²) in [6.07, 6.45) is 0.454. The Bertz CT molecular complexity index is 865. The maximum absolute atomic E-state index is 13.2. The van der Waals surface area contributed by atoms with Crippen LogP contribution < -0.4 is 10.1 Å². The van der Waals surface area contributed by atoms with E-state index in [1.807, 2.05) is 33.8 Å². The van der Waals surface area contributed by atoms with Crippen LogP contribution in [0.15, 0.2) is 36.4 Å². The van der Waals surface area contributed by atoms with E-state index < -0.39 is 6.04 Å². The van der Waals surface area contributed by atoms with Crippen molar-refractivity contribution >= 4 is 11.8 Å². The fourth-order valence-corrected chi connectivity index (χ4v) is 3.25. The van der Waals surface area contributed by atoms with Crippen LogP contribution in [0.25, 0.3) is 0 Å². The molecular formula is C23H29FN2O3. The molecule has 0 aromatic heterocycles. The van der Waals surface area contributed by atoms with E-state index in [2.05, 4.69) is 11.4 Å². The Balaban J connectivity index is 2.23. The summed E-state index contributed by atoms with van der Waals surface area (Å²) in [6.45, 7) is 7.78. The van der Waals surface area contributed by atoms with Crippen LogP contribution in [0.2, 0.25) is 0 Å². The molecule has 1 N–H and O–H groups in total. The molecule has 2 rings (SSSR count). The number of nitrogens with one attached hydrogen (secondary N) is 1. The van der Waals surface area contributed by atoms with Gasteiger partial charge in [-0.25, -0.2) is 4.39 Å². The maximum atomic E-state index is 13.2. The molecule has 156 valence electrons. The minimum Gasteiger partial charge on any atom is -0.483 e. The molecule has 0 aliphatic rings. The molecule has 0 saturated carbocycles.